The summed E-state index contributed by atoms with van der Waals surface area (Å²) in [6.07, 6.45) is 0. The van der Waals surface area contributed by atoms with Crippen molar-refractivity contribution in [3.8, 4) is 11.5 Å². The first-order valence-corrected chi connectivity index (χ1v) is 8.13. The number of amides is 1. The summed E-state index contributed by atoms with van der Waals surface area (Å²) in [4.78, 5) is 12.5. The van der Waals surface area contributed by atoms with Crippen LogP contribution in [0.15, 0.2) is 60.7 Å². The number of benzene rings is 3. The number of fused-ring (bicyclic) bond motifs is 1. The summed E-state index contributed by atoms with van der Waals surface area (Å²) < 4.78 is 10.4. The Hall–Kier alpha value is -3.01. The van der Waals surface area contributed by atoms with E-state index in [9.17, 15) is 4.79 Å². The third kappa shape index (κ3) is 3.74. The third-order valence-electron chi connectivity index (χ3n) is 4.32. The van der Waals surface area contributed by atoms with Gasteiger partial charge in [0.25, 0.3) is 0 Å². The molecular weight excluding hydrogens is 314 g/mol. The molecule has 0 aliphatic heterocycles. The van der Waals surface area contributed by atoms with Gasteiger partial charge < -0.3 is 14.8 Å². The first-order chi connectivity index (χ1) is 12.1. The fraction of sp³-hybridized carbons (Fsp3) is 0.190. The van der Waals surface area contributed by atoms with Crippen molar-refractivity contribution in [2.45, 2.75) is 12.8 Å². The summed E-state index contributed by atoms with van der Waals surface area (Å²) >= 11 is 0. The van der Waals surface area contributed by atoms with Gasteiger partial charge in [0.05, 0.1) is 20.1 Å². The molecule has 0 unspecified atom stereocenters. The Balaban J connectivity index is 1.77. The second-order valence-electron chi connectivity index (χ2n) is 5.91. The number of rotatable bonds is 5. The van der Waals surface area contributed by atoms with Crippen molar-refractivity contribution in [3.63, 3.8) is 0 Å². The van der Waals surface area contributed by atoms with Crippen molar-refractivity contribution in [2.24, 2.45) is 0 Å². The SMILES string of the molecule is COc1ccc(NC(=O)[C@H](C)c2ccc3cc(OC)ccc3c2)cc1. The average molecular weight is 335 g/mol. The first kappa shape index (κ1) is 16.8. The van der Waals surface area contributed by atoms with E-state index in [4.69, 9.17) is 9.47 Å². The van der Waals surface area contributed by atoms with Gasteiger partial charge in [0, 0.05) is 5.69 Å². The lowest BCUT2D eigenvalue weighted by molar-refractivity contribution is -0.117. The van der Waals surface area contributed by atoms with Crippen LogP contribution in [0.1, 0.15) is 18.4 Å². The van der Waals surface area contributed by atoms with E-state index in [1.54, 1.807) is 14.2 Å². The Morgan fingerprint density at radius 2 is 1.44 bits per heavy atom. The Labute approximate surface area is 147 Å². The molecule has 3 aromatic rings. The molecule has 3 rings (SSSR count). The van der Waals surface area contributed by atoms with Crippen LogP contribution in [0.5, 0.6) is 11.5 Å². The van der Waals surface area contributed by atoms with E-state index in [2.05, 4.69) is 5.32 Å². The van der Waals surface area contributed by atoms with Crippen LogP contribution in [0, 0.1) is 0 Å². The van der Waals surface area contributed by atoms with Gasteiger partial charge >= 0.3 is 0 Å². The Morgan fingerprint density at radius 1 is 0.840 bits per heavy atom. The lowest BCUT2D eigenvalue weighted by Crippen LogP contribution is -2.18. The minimum absolute atomic E-state index is 0.0435. The third-order valence-corrected chi connectivity index (χ3v) is 4.32. The smallest absolute Gasteiger partial charge is 0.231 e. The summed E-state index contributed by atoms with van der Waals surface area (Å²) in [5.74, 6) is 1.29. The highest BCUT2D eigenvalue weighted by Crippen LogP contribution is 2.26. The minimum atomic E-state index is -0.256. The summed E-state index contributed by atoms with van der Waals surface area (Å²) in [5, 5.41) is 5.12. The van der Waals surface area contributed by atoms with Gasteiger partial charge in [-0.15, -0.1) is 0 Å². The van der Waals surface area contributed by atoms with Gasteiger partial charge in [0.2, 0.25) is 5.91 Å². The van der Waals surface area contributed by atoms with E-state index in [0.717, 1.165) is 33.5 Å². The van der Waals surface area contributed by atoms with Crippen LogP contribution in [0.25, 0.3) is 10.8 Å². The molecule has 4 heteroatoms. The molecule has 0 aromatic heterocycles. The summed E-state index contributed by atoms with van der Waals surface area (Å²) in [7, 11) is 3.27. The van der Waals surface area contributed by atoms with Crippen molar-refractivity contribution >= 4 is 22.4 Å². The van der Waals surface area contributed by atoms with Crippen molar-refractivity contribution in [1.82, 2.24) is 0 Å². The molecule has 0 spiro atoms. The van der Waals surface area contributed by atoms with Crippen LogP contribution in [0.3, 0.4) is 0 Å². The highest BCUT2D eigenvalue weighted by Gasteiger charge is 2.16. The second-order valence-corrected chi connectivity index (χ2v) is 5.91. The molecule has 0 bridgehead atoms. The molecule has 0 aliphatic rings. The molecule has 0 fully saturated rings. The number of carbonyl (C=O) groups is 1. The molecule has 128 valence electrons. The topological polar surface area (TPSA) is 47.6 Å². The number of hydrogen-bond acceptors (Lipinski definition) is 3. The molecule has 0 saturated carbocycles. The van der Waals surface area contributed by atoms with Crippen LogP contribution >= 0.6 is 0 Å². The second kappa shape index (κ2) is 7.26. The Kier molecular flexibility index (Phi) is 4.89. The standard InChI is InChI=1S/C21H21NO3/c1-14(21(23)22-18-7-10-19(24-2)11-8-18)15-4-5-17-13-20(25-3)9-6-16(17)12-15/h4-14H,1-3H3,(H,22,23)/t14-/m1/s1. The van der Waals surface area contributed by atoms with Gasteiger partial charge in [-0.3, -0.25) is 4.79 Å². The van der Waals surface area contributed by atoms with Crippen LogP contribution < -0.4 is 14.8 Å². The van der Waals surface area contributed by atoms with E-state index in [-0.39, 0.29) is 11.8 Å². The monoisotopic (exact) mass is 335 g/mol. The highest BCUT2D eigenvalue weighted by molar-refractivity contribution is 5.96. The fourth-order valence-electron chi connectivity index (χ4n) is 2.71. The largest absolute Gasteiger partial charge is 0.497 e. The van der Waals surface area contributed by atoms with E-state index in [1.807, 2.05) is 67.6 Å². The summed E-state index contributed by atoms with van der Waals surface area (Å²) in [5.41, 5.74) is 1.73. The van der Waals surface area contributed by atoms with Gasteiger partial charge in [0.15, 0.2) is 0 Å². The lowest BCUT2D eigenvalue weighted by Gasteiger charge is -2.14. The van der Waals surface area contributed by atoms with Crippen molar-refractivity contribution in [3.05, 3.63) is 66.2 Å². The molecule has 4 nitrogen and oxygen atoms in total. The molecule has 0 radical (unpaired) electrons. The van der Waals surface area contributed by atoms with Gasteiger partial charge in [0.1, 0.15) is 11.5 Å². The van der Waals surface area contributed by atoms with Crippen LogP contribution in [-0.4, -0.2) is 20.1 Å². The average Bonchev–Trinajstić information content (AvgIpc) is 2.67. The maximum absolute atomic E-state index is 12.5. The van der Waals surface area contributed by atoms with Gasteiger partial charge in [-0.25, -0.2) is 0 Å². The van der Waals surface area contributed by atoms with Crippen LogP contribution in [0.4, 0.5) is 5.69 Å². The van der Waals surface area contributed by atoms with Crippen LogP contribution in [0.2, 0.25) is 0 Å². The zero-order valence-corrected chi connectivity index (χ0v) is 14.6. The van der Waals surface area contributed by atoms with E-state index < -0.39 is 0 Å². The maximum atomic E-state index is 12.5. The molecule has 0 heterocycles. The number of carbonyl (C=O) groups excluding carboxylic acids is 1. The molecule has 3 aromatic carbocycles. The number of anilines is 1. The molecule has 25 heavy (non-hydrogen) atoms. The van der Waals surface area contributed by atoms with Crippen LogP contribution in [-0.2, 0) is 4.79 Å². The Morgan fingerprint density at radius 3 is 2.12 bits per heavy atom. The zero-order valence-electron chi connectivity index (χ0n) is 14.6. The molecule has 1 N–H and O–H groups in total. The normalized spacial score (nSPS) is 11.8. The highest BCUT2D eigenvalue weighted by atomic mass is 16.5. The summed E-state index contributed by atoms with van der Waals surface area (Å²) in [6.45, 7) is 1.91. The molecular formula is C21H21NO3. The predicted molar refractivity (Wildman–Crippen MR) is 101 cm³/mol. The van der Waals surface area contributed by atoms with Gasteiger partial charge in [-0.2, -0.15) is 0 Å². The zero-order chi connectivity index (χ0) is 17.8. The lowest BCUT2D eigenvalue weighted by atomic mass is 9.97. The van der Waals surface area contributed by atoms with Crippen molar-refractivity contribution in [1.29, 1.82) is 0 Å². The molecule has 0 saturated heterocycles. The van der Waals surface area contributed by atoms with Crippen molar-refractivity contribution < 1.29 is 14.3 Å². The summed E-state index contributed by atoms with van der Waals surface area (Å²) in [6, 6.07) is 19.3. The number of hydrogen-bond donors (Lipinski definition) is 1. The number of nitrogens with one attached hydrogen (secondary N) is 1. The van der Waals surface area contributed by atoms with E-state index >= 15 is 0 Å². The predicted octanol–water partition coefficient (Wildman–Crippen LogP) is 4.60. The molecule has 1 amide bonds. The van der Waals surface area contributed by atoms with Gasteiger partial charge in [-0.1, -0.05) is 24.3 Å². The number of ether oxygens (including phenoxy) is 2. The maximum Gasteiger partial charge on any atom is 0.231 e. The quantitative estimate of drug-likeness (QED) is 0.741. The fourth-order valence-corrected chi connectivity index (χ4v) is 2.71. The molecule has 0 aliphatic carbocycles. The van der Waals surface area contributed by atoms with E-state index in [0.29, 0.717) is 0 Å². The van der Waals surface area contributed by atoms with Gasteiger partial charge in [-0.05, 0) is 59.7 Å². The van der Waals surface area contributed by atoms with Crippen molar-refractivity contribution in [2.75, 3.05) is 19.5 Å². The Bertz CT molecular complexity index is 887. The minimum Gasteiger partial charge on any atom is -0.497 e. The number of methoxy groups -OCH3 is 2. The molecule has 1 atom stereocenters. The van der Waals surface area contributed by atoms with E-state index in [1.165, 1.54) is 0 Å². The first-order valence-electron chi connectivity index (χ1n) is 8.13.